The lowest BCUT2D eigenvalue weighted by Crippen LogP contribution is -2.10. The van der Waals surface area contributed by atoms with Crippen molar-refractivity contribution in [3.63, 3.8) is 0 Å². The molecular formula is C16H12F3NO2. The number of nitrogens with zero attached hydrogens (tertiary/aromatic N) is 1. The summed E-state index contributed by atoms with van der Waals surface area (Å²) in [4.78, 5) is 3.97. The van der Waals surface area contributed by atoms with Crippen LogP contribution in [-0.2, 0) is 4.74 Å². The van der Waals surface area contributed by atoms with Crippen LogP contribution in [0, 0.1) is 17.5 Å². The normalized spacial score (nSPS) is 13.7. The second-order valence-corrected chi connectivity index (χ2v) is 4.67. The van der Waals surface area contributed by atoms with Crippen molar-refractivity contribution in [1.82, 2.24) is 0 Å². The Morgan fingerprint density at radius 3 is 2.36 bits per heavy atom. The zero-order chi connectivity index (χ0) is 15.7. The number of halogens is 3. The quantitative estimate of drug-likeness (QED) is 0.812. The molecule has 1 aliphatic heterocycles. The van der Waals surface area contributed by atoms with Gasteiger partial charge in [0.05, 0.1) is 19.2 Å². The van der Waals surface area contributed by atoms with E-state index in [1.54, 1.807) is 24.3 Å². The minimum Gasteiger partial charge on any atom is -0.497 e. The molecule has 0 amide bonds. The van der Waals surface area contributed by atoms with E-state index in [2.05, 4.69) is 4.99 Å². The molecule has 3 rings (SSSR count). The van der Waals surface area contributed by atoms with E-state index in [9.17, 15) is 13.2 Å². The Hall–Kier alpha value is -2.50. The number of hydrogen-bond donors (Lipinski definition) is 0. The van der Waals surface area contributed by atoms with Gasteiger partial charge in [-0.3, -0.25) is 0 Å². The Kier molecular flexibility index (Phi) is 3.75. The maximum Gasteiger partial charge on any atom is 0.220 e. The summed E-state index contributed by atoms with van der Waals surface area (Å²) in [6.45, 7) is 0.587. The molecule has 114 valence electrons. The summed E-state index contributed by atoms with van der Waals surface area (Å²) in [5.74, 6) is -2.84. The fourth-order valence-electron chi connectivity index (χ4n) is 2.32. The van der Waals surface area contributed by atoms with E-state index in [4.69, 9.17) is 9.47 Å². The molecule has 0 aromatic heterocycles. The van der Waals surface area contributed by atoms with E-state index in [1.165, 1.54) is 7.11 Å². The van der Waals surface area contributed by atoms with E-state index in [0.29, 0.717) is 23.9 Å². The average molecular weight is 307 g/mol. The lowest BCUT2D eigenvalue weighted by Gasteiger charge is -2.13. The zero-order valence-corrected chi connectivity index (χ0v) is 11.7. The maximum atomic E-state index is 14.3. The van der Waals surface area contributed by atoms with Gasteiger partial charge in [0.1, 0.15) is 18.2 Å². The number of methoxy groups -OCH3 is 1. The predicted octanol–water partition coefficient (Wildman–Crippen LogP) is 3.56. The van der Waals surface area contributed by atoms with Gasteiger partial charge in [-0.15, -0.1) is 0 Å². The SMILES string of the molecule is COc1ccc(-c2c(F)cc(F)c(F)c2C2=NCCO2)cc1. The van der Waals surface area contributed by atoms with Crippen molar-refractivity contribution in [1.29, 1.82) is 0 Å². The molecule has 0 fully saturated rings. The first-order valence-corrected chi connectivity index (χ1v) is 6.61. The van der Waals surface area contributed by atoms with Gasteiger partial charge >= 0.3 is 0 Å². The average Bonchev–Trinajstić information content (AvgIpc) is 3.05. The predicted molar refractivity (Wildman–Crippen MR) is 75.7 cm³/mol. The topological polar surface area (TPSA) is 30.8 Å². The van der Waals surface area contributed by atoms with Gasteiger partial charge in [0, 0.05) is 11.6 Å². The third-order valence-corrected chi connectivity index (χ3v) is 3.35. The molecule has 0 atom stereocenters. The molecule has 0 radical (unpaired) electrons. The smallest absolute Gasteiger partial charge is 0.220 e. The van der Waals surface area contributed by atoms with Crippen molar-refractivity contribution in [2.75, 3.05) is 20.3 Å². The maximum absolute atomic E-state index is 14.3. The third-order valence-electron chi connectivity index (χ3n) is 3.35. The van der Waals surface area contributed by atoms with E-state index < -0.39 is 17.5 Å². The lowest BCUT2D eigenvalue weighted by atomic mass is 9.98. The molecule has 0 spiro atoms. The number of hydrogen-bond acceptors (Lipinski definition) is 3. The van der Waals surface area contributed by atoms with Gasteiger partial charge in [-0.1, -0.05) is 12.1 Å². The molecule has 6 heteroatoms. The largest absolute Gasteiger partial charge is 0.497 e. The number of rotatable bonds is 3. The highest BCUT2D eigenvalue weighted by atomic mass is 19.2. The van der Waals surface area contributed by atoms with Gasteiger partial charge in [0.25, 0.3) is 0 Å². The Balaban J connectivity index is 2.22. The minimum atomic E-state index is -1.28. The zero-order valence-electron chi connectivity index (χ0n) is 11.7. The summed E-state index contributed by atoms with van der Waals surface area (Å²) in [5, 5.41) is 0. The summed E-state index contributed by atoms with van der Waals surface area (Å²) < 4.78 is 52.2. The van der Waals surface area contributed by atoms with Crippen molar-refractivity contribution in [3.8, 4) is 16.9 Å². The molecule has 0 saturated carbocycles. The lowest BCUT2D eigenvalue weighted by molar-refractivity contribution is 0.346. The first-order valence-electron chi connectivity index (χ1n) is 6.61. The third kappa shape index (κ3) is 2.41. The molecule has 1 aliphatic rings. The Morgan fingerprint density at radius 2 is 1.77 bits per heavy atom. The fourth-order valence-corrected chi connectivity index (χ4v) is 2.32. The van der Waals surface area contributed by atoms with Crippen molar-refractivity contribution >= 4 is 5.90 Å². The molecule has 0 bridgehead atoms. The molecule has 22 heavy (non-hydrogen) atoms. The molecule has 1 heterocycles. The van der Waals surface area contributed by atoms with Crippen LogP contribution in [0.3, 0.4) is 0 Å². The van der Waals surface area contributed by atoms with Crippen LogP contribution >= 0.6 is 0 Å². The number of benzene rings is 2. The van der Waals surface area contributed by atoms with Crippen LogP contribution in [-0.4, -0.2) is 26.2 Å². The first kappa shape index (κ1) is 14.4. The van der Waals surface area contributed by atoms with Crippen LogP contribution < -0.4 is 4.74 Å². The van der Waals surface area contributed by atoms with Crippen LogP contribution in [0.5, 0.6) is 5.75 Å². The molecular weight excluding hydrogens is 295 g/mol. The van der Waals surface area contributed by atoms with E-state index in [-0.39, 0.29) is 23.6 Å². The first-order chi connectivity index (χ1) is 10.6. The van der Waals surface area contributed by atoms with Crippen molar-refractivity contribution in [2.45, 2.75) is 0 Å². The summed E-state index contributed by atoms with van der Waals surface area (Å²) in [6, 6.07) is 6.86. The van der Waals surface area contributed by atoms with Crippen LogP contribution in [0.1, 0.15) is 5.56 Å². The highest BCUT2D eigenvalue weighted by molar-refractivity contribution is 6.02. The molecule has 0 unspecified atom stereocenters. The van der Waals surface area contributed by atoms with Crippen LogP contribution in [0.25, 0.3) is 11.1 Å². The highest BCUT2D eigenvalue weighted by Gasteiger charge is 2.26. The Labute approximate surface area is 125 Å². The second-order valence-electron chi connectivity index (χ2n) is 4.67. The summed E-state index contributed by atoms with van der Waals surface area (Å²) in [6.07, 6.45) is 0. The van der Waals surface area contributed by atoms with Crippen LogP contribution in [0.2, 0.25) is 0 Å². The van der Waals surface area contributed by atoms with Crippen LogP contribution in [0.15, 0.2) is 35.3 Å². The standard InChI is InChI=1S/C16H12F3NO2/c1-21-10-4-2-9(3-5-10)13-11(17)8-12(18)15(19)14(13)16-20-6-7-22-16/h2-5,8H,6-7H2,1H3. The van der Waals surface area contributed by atoms with Gasteiger partial charge in [-0.05, 0) is 17.7 Å². The van der Waals surface area contributed by atoms with Crippen molar-refractivity contribution < 1.29 is 22.6 Å². The summed E-state index contributed by atoms with van der Waals surface area (Å²) in [5.41, 5.74) is 0.00719. The van der Waals surface area contributed by atoms with Crippen LogP contribution in [0.4, 0.5) is 13.2 Å². The molecule has 2 aromatic rings. The monoisotopic (exact) mass is 307 g/mol. The van der Waals surface area contributed by atoms with Gasteiger partial charge in [0.15, 0.2) is 11.6 Å². The van der Waals surface area contributed by atoms with E-state index in [1.807, 2.05) is 0 Å². The van der Waals surface area contributed by atoms with E-state index >= 15 is 0 Å². The fraction of sp³-hybridized carbons (Fsp3) is 0.188. The summed E-state index contributed by atoms with van der Waals surface area (Å²) in [7, 11) is 1.50. The van der Waals surface area contributed by atoms with Gasteiger partial charge < -0.3 is 9.47 Å². The summed E-state index contributed by atoms with van der Waals surface area (Å²) >= 11 is 0. The second kappa shape index (κ2) is 5.71. The number of aliphatic imine (C=N–C) groups is 1. The van der Waals surface area contributed by atoms with Crippen molar-refractivity contribution in [2.24, 2.45) is 4.99 Å². The molecule has 3 nitrogen and oxygen atoms in total. The molecule has 0 saturated heterocycles. The van der Waals surface area contributed by atoms with E-state index in [0.717, 1.165) is 0 Å². The molecule has 0 aliphatic carbocycles. The highest BCUT2D eigenvalue weighted by Crippen LogP contribution is 2.33. The Bertz CT molecular complexity index is 742. The van der Waals surface area contributed by atoms with Crippen molar-refractivity contribution in [3.05, 3.63) is 53.3 Å². The number of ether oxygens (including phenoxy) is 2. The van der Waals surface area contributed by atoms with Gasteiger partial charge in [0.2, 0.25) is 5.90 Å². The Morgan fingerprint density at radius 1 is 1.05 bits per heavy atom. The molecule has 0 N–H and O–H groups in total. The minimum absolute atomic E-state index is 0.0813. The van der Waals surface area contributed by atoms with Gasteiger partial charge in [-0.2, -0.15) is 0 Å². The molecule has 2 aromatic carbocycles. The van der Waals surface area contributed by atoms with Gasteiger partial charge in [-0.25, -0.2) is 18.2 Å².